The predicted molar refractivity (Wildman–Crippen MR) is 111 cm³/mol. The Hall–Kier alpha value is -2.30. The highest BCUT2D eigenvalue weighted by molar-refractivity contribution is 9.10. The van der Waals surface area contributed by atoms with Crippen LogP contribution < -0.4 is 15.2 Å². The van der Waals surface area contributed by atoms with Crippen LogP contribution in [-0.2, 0) is 9.47 Å². The first-order valence-corrected chi connectivity index (χ1v) is 10.0. The van der Waals surface area contributed by atoms with E-state index in [-0.39, 0.29) is 0 Å². The molecule has 0 atom stereocenters. The molecular formula is C18H22BrN7O2. The fourth-order valence-corrected chi connectivity index (χ4v) is 3.34. The Labute approximate surface area is 171 Å². The second kappa shape index (κ2) is 9.26. The van der Waals surface area contributed by atoms with Gasteiger partial charge in [0, 0.05) is 36.2 Å². The van der Waals surface area contributed by atoms with E-state index in [1.807, 2.05) is 24.3 Å². The fraction of sp³-hybridized carbons (Fsp3) is 0.444. The third-order valence-corrected chi connectivity index (χ3v) is 5.20. The van der Waals surface area contributed by atoms with Gasteiger partial charge in [0.1, 0.15) is 0 Å². The van der Waals surface area contributed by atoms with Gasteiger partial charge in [0.05, 0.1) is 32.6 Å². The molecule has 4 rings (SSSR count). The summed E-state index contributed by atoms with van der Waals surface area (Å²) in [6.07, 6.45) is 1.73. The van der Waals surface area contributed by atoms with Gasteiger partial charge >= 0.3 is 0 Å². The number of benzene rings is 1. The molecule has 1 aromatic heterocycles. The molecule has 0 unspecified atom stereocenters. The molecule has 1 aromatic carbocycles. The summed E-state index contributed by atoms with van der Waals surface area (Å²) in [7, 11) is 0. The molecule has 0 radical (unpaired) electrons. The van der Waals surface area contributed by atoms with Crippen molar-refractivity contribution in [3.63, 3.8) is 0 Å². The van der Waals surface area contributed by atoms with E-state index in [2.05, 4.69) is 51.2 Å². The Balaban J connectivity index is 1.56. The van der Waals surface area contributed by atoms with Crippen molar-refractivity contribution >= 4 is 40.0 Å². The molecule has 2 aromatic rings. The lowest BCUT2D eigenvalue weighted by Crippen LogP contribution is -2.40. The molecule has 2 saturated heterocycles. The maximum absolute atomic E-state index is 5.44. The number of aromatic nitrogens is 3. The van der Waals surface area contributed by atoms with Gasteiger partial charge in [0.2, 0.25) is 17.8 Å². The average Bonchev–Trinajstić information content (AvgIpc) is 2.76. The van der Waals surface area contributed by atoms with Gasteiger partial charge in [-0.3, -0.25) is 0 Å². The maximum Gasteiger partial charge on any atom is 0.250 e. The average molecular weight is 448 g/mol. The second-order valence-corrected chi connectivity index (χ2v) is 7.20. The molecule has 148 valence electrons. The van der Waals surface area contributed by atoms with Gasteiger partial charge < -0.3 is 19.3 Å². The summed E-state index contributed by atoms with van der Waals surface area (Å²) in [4.78, 5) is 18.0. The lowest BCUT2D eigenvalue weighted by Gasteiger charge is -2.30. The van der Waals surface area contributed by atoms with Crippen LogP contribution in [0.5, 0.6) is 0 Å². The van der Waals surface area contributed by atoms with Crippen LogP contribution in [0.2, 0.25) is 0 Å². The summed E-state index contributed by atoms with van der Waals surface area (Å²) >= 11 is 3.51. The quantitative estimate of drug-likeness (QED) is 0.547. The number of nitrogens with zero attached hydrogens (tertiary/aromatic N) is 6. The van der Waals surface area contributed by atoms with Crippen molar-refractivity contribution in [1.82, 2.24) is 15.0 Å². The van der Waals surface area contributed by atoms with E-state index in [9.17, 15) is 0 Å². The number of hydrogen-bond donors (Lipinski definition) is 1. The highest BCUT2D eigenvalue weighted by Crippen LogP contribution is 2.19. The van der Waals surface area contributed by atoms with Gasteiger partial charge in [-0.05, 0) is 6.07 Å². The van der Waals surface area contributed by atoms with Crippen LogP contribution in [0, 0.1) is 0 Å². The van der Waals surface area contributed by atoms with Crippen LogP contribution in [0.25, 0.3) is 0 Å². The van der Waals surface area contributed by atoms with Gasteiger partial charge in [-0.15, -0.1) is 0 Å². The Bertz CT molecular complexity index is 787. The van der Waals surface area contributed by atoms with Crippen molar-refractivity contribution < 1.29 is 9.47 Å². The molecule has 2 aliphatic rings. The molecule has 0 amide bonds. The maximum atomic E-state index is 5.44. The number of rotatable bonds is 5. The number of nitrogens with one attached hydrogen (secondary N) is 1. The summed E-state index contributed by atoms with van der Waals surface area (Å²) in [5, 5.41) is 4.30. The highest BCUT2D eigenvalue weighted by Gasteiger charge is 2.20. The van der Waals surface area contributed by atoms with Crippen molar-refractivity contribution in [2.75, 3.05) is 67.8 Å². The van der Waals surface area contributed by atoms with Crippen LogP contribution in [0.3, 0.4) is 0 Å². The summed E-state index contributed by atoms with van der Waals surface area (Å²) in [6, 6.07) is 7.87. The zero-order chi connectivity index (χ0) is 19.2. The van der Waals surface area contributed by atoms with E-state index in [1.54, 1.807) is 6.21 Å². The molecule has 0 spiro atoms. The van der Waals surface area contributed by atoms with E-state index in [0.29, 0.717) is 44.3 Å². The molecule has 9 nitrogen and oxygen atoms in total. The number of hydrazone groups is 1. The Kier molecular flexibility index (Phi) is 6.30. The lowest BCUT2D eigenvalue weighted by molar-refractivity contribution is 0.121. The normalized spacial score (nSPS) is 17.9. The van der Waals surface area contributed by atoms with E-state index in [4.69, 9.17) is 9.47 Å². The Morgan fingerprint density at radius 3 is 2.04 bits per heavy atom. The Morgan fingerprint density at radius 1 is 0.893 bits per heavy atom. The van der Waals surface area contributed by atoms with Gasteiger partial charge in [0.15, 0.2) is 0 Å². The van der Waals surface area contributed by atoms with Gasteiger partial charge in [-0.1, -0.05) is 34.1 Å². The van der Waals surface area contributed by atoms with Crippen molar-refractivity contribution in [2.45, 2.75) is 0 Å². The topological polar surface area (TPSA) is 88.0 Å². The minimum atomic E-state index is 0.418. The molecule has 1 N–H and O–H groups in total. The molecule has 10 heteroatoms. The van der Waals surface area contributed by atoms with E-state index >= 15 is 0 Å². The van der Waals surface area contributed by atoms with E-state index < -0.39 is 0 Å². The van der Waals surface area contributed by atoms with Crippen LogP contribution in [0.4, 0.5) is 17.8 Å². The van der Waals surface area contributed by atoms with E-state index in [0.717, 1.165) is 36.2 Å². The zero-order valence-corrected chi connectivity index (χ0v) is 17.0. The lowest BCUT2D eigenvalue weighted by atomic mass is 10.2. The summed E-state index contributed by atoms with van der Waals surface area (Å²) < 4.78 is 11.9. The highest BCUT2D eigenvalue weighted by atomic mass is 79.9. The minimum Gasteiger partial charge on any atom is -0.378 e. The molecule has 0 bridgehead atoms. The largest absolute Gasteiger partial charge is 0.378 e. The third kappa shape index (κ3) is 4.75. The molecule has 0 aliphatic carbocycles. The predicted octanol–water partition coefficient (Wildman–Crippen LogP) is 1.75. The molecule has 28 heavy (non-hydrogen) atoms. The summed E-state index contributed by atoms with van der Waals surface area (Å²) in [6.45, 7) is 5.70. The SMILES string of the molecule is Brc1ccccc1C=NNc1nc(N2CCOCC2)nc(N2CCOCC2)n1. The number of anilines is 3. The van der Waals surface area contributed by atoms with Crippen molar-refractivity contribution in [2.24, 2.45) is 5.10 Å². The van der Waals surface area contributed by atoms with Gasteiger partial charge in [-0.2, -0.15) is 20.1 Å². The van der Waals surface area contributed by atoms with Crippen LogP contribution in [-0.4, -0.2) is 73.8 Å². The first kappa shape index (κ1) is 19.0. The number of ether oxygens (including phenoxy) is 2. The van der Waals surface area contributed by atoms with E-state index in [1.165, 1.54) is 0 Å². The monoisotopic (exact) mass is 447 g/mol. The molecule has 0 saturated carbocycles. The smallest absolute Gasteiger partial charge is 0.250 e. The summed E-state index contributed by atoms with van der Waals surface area (Å²) in [5.74, 6) is 1.69. The van der Waals surface area contributed by atoms with Crippen molar-refractivity contribution in [1.29, 1.82) is 0 Å². The number of halogens is 1. The molecule has 2 aliphatic heterocycles. The van der Waals surface area contributed by atoms with Crippen molar-refractivity contribution in [3.8, 4) is 0 Å². The van der Waals surface area contributed by atoms with Gasteiger partial charge in [0.25, 0.3) is 0 Å². The van der Waals surface area contributed by atoms with Crippen LogP contribution in [0.15, 0.2) is 33.8 Å². The second-order valence-electron chi connectivity index (χ2n) is 6.35. The minimum absolute atomic E-state index is 0.418. The standard InChI is InChI=1S/C18H22BrN7O2/c19-15-4-2-1-3-14(15)13-20-24-16-21-17(25-5-9-27-10-6-25)23-18(22-16)26-7-11-28-12-8-26/h1-4,13H,5-12H2,(H,21,22,23,24). The first-order chi connectivity index (χ1) is 13.8. The number of hydrogen-bond acceptors (Lipinski definition) is 9. The van der Waals surface area contributed by atoms with Crippen LogP contribution >= 0.6 is 15.9 Å². The fourth-order valence-electron chi connectivity index (χ4n) is 2.95. The van der Waals surface area contributed by atoms with Gasteiger partial charge in [-0.25, -0.2) is 5.43 Å². The Morgan fingerprint density at radius 2 is 1.46 bits per heavy atom. The van der Waals surface area contributed by atoms with Crippen LogP contribution in [0.1, 0.15) is 5.56 Å². The number of morpholine rings is 2. The third-order valence-electron chi connectivity index (χ3n) is 4.47. The zero-order valence-electron chi connectivity index (χ0n) is 15.4. The first-order valence-electron chi connectivity index (χ1n) is 9.25. The molecule has 2 fully saturated rings. The van der Waals surface area contributed by atoms with Crippen molar-refractivity contribution in [3.05, 3.63) is 34.3 Å². The summed E-state index contributed by atoms with van der Waals surface area (Å²) in [5.41, 5.74) is 3.91. The molecular weight excluding hydrogens is 426 g/mol. The molecule has 3 heterocycles.